The van der Waals surface area contributed by atoms with Crippen molar-refractivity contribution in [3.05, 3.63) is 109 Å². The summed E-state index contributed by atoms with van der Waals surface area (Å²) in [5.41, 5.74) is 5.50. The monoisotopic (exact) mass is 486 g/mol. The van der Waals surface area contributed by atoms with Crippen LogP contribution in [0.2, 0.25) is 0 Å². The zero-order chi connectivity index (χ0) is 24.8. The van der Waals surface area contributed by atoms with Gasteiger partial charge in [0.2, 0.25) is 5.95 Å². The van der Waals surface area contributed by atoms with Gasteiger partial charge < -0.3 is 4.42 Å². The predicted octanol–water partition coefficient (Wildman–Crippen LogP) is 8.33. The van der Waals surface area contributed by atoms with Gasteiger partial charge in [-0.25, -0.2) is 9.97 Å². The summed E-state index contributed by atoms with van der Waals surface area (Å²) in [6.07, 6.45) is 3.76. The van der Waals surface area contributed by atoms with Crippen LogP contribution in [-0.4, -0.2) is 19.5 Å². The van der Waals surface area contributed by atoms with E-state index in [2.05, 4.69) is 83.4 Å². The molecule has 0 radical (unpaired) electrons. The molecule has 0 unspecified atom stereocenters. The molecule has 0 aliphatic heterocycles. The molecule has 0 fully saturated rings. The first kappa shape index (κ1) is 19.8. The molecule has 38 heavy (non-hydrogen) atoms. The summed E-state index contributed by atoms with van der Waals surface area (Å²) < 4.78 is 8.67. The van der Waals surface area contributed by atoms with Gasteiger partial charge >= 0.3 is 0 Å². The quantitative estimate of drug-likeness (QED) is 0.219. The number of benzene rings is 5. The van der Waals surface area contributed by atoms with Crippen LogP contribution in [0.4, 0.5) is 0 Å². The SMILES string of the molecule is c1ccc2c(c1)ccc1cnc(-n3c4ccccc4c4c5cccnc5c5oc6ccccc6c5c43)nc12. The number of hydrogen-bond acceptors (Lipinski definition) is 4. The third-order valence-corrected chi connectivity index (χ3v) is 7.66. The molecule has 0 saturated heterocycles. The maximum Gasteiger partial charge on any atom is 0.235 e. The molecule has 0 aliphatic carbocycles. The van der Waals surface area contributed by atoms with Crippen molar-refractivity contribution in [2.24, 2.45) is 0 Å². The largest absolute Gasteiger partial charge is 0.454 e. The molecule has 4 heterocycles. The number of aromatic nitrogens is 4. The fourth-order valence-electron chi connectivity index (χ4n) is 6.06. The lowest BCUT2D eigenvalue weighted by Crippen LogP contribution is -2.01. The lowest BCUT2D eigenvalue weighted by atomic mass is 10.0. The second-order valence-electron chi connectivity index (χ2n) is 9.67. The summed E-state index contributed by atoms with van der Waals surface area (Å²) in [7, 11) is 0. The highest BCUT2D eigenvalue weighted by Crippen LogP contribution is 2.44. The Kier molecular flexibility index (Phi) is 3.73. The lowest BCUT2D eigenvalue weighted by molar-refractivity contribution is 0.672. The van der Waals surface area contributed by atoms with Crippen LogP contribution >= 0.6 is 0 Å². The molecule has 0 saturated carbocycles. The number of furan rings is 1. The molecule has 0 amide bonds. The minimum Gasteiger partial charge on any atom is -0.454 e. The summed E-state index contributed by atoms with van der Waals surface area (Å²) in [6.45, 7) is 0. The fourth-order valence-corrected chi connectivity index (χ4v) is 6.06. The Morgan fingerprint density at radius 2 is 1.34 bits per heavy atom. The van der Waals surface area contributed by atoms with Crippen LogP contribution in [0.25, 0.3) is 82.3 Å². The van der Waals surface area contributed by atoms with Gasteiger partial charge in [-0.2, -0.15) is 0 Å². The third kappa shape index (κ3) is 2.47. The van der Waals surface area contributed by atoms with Crippen LogP contribution in [0.5, 0.6) is 0 Å². The van der Waals surface area contributed by atoms with Crippen LogP contribution in [-0.2, 0) is 0 Å². The standard InChI is InChI=1S/C33H18N4O/c1-2-9-21-19(8-1)15-16-20-18-35-33(36-29(20)21)37-25-13-5-3-10-22(25)27-24-12-7-17-34-30(24)32-28(31(27)37)23-11-4-6-14-26(23)38-32/h1-18H. The Labute approximate surface area is 215 Å². The summed E-state index contributed by atoms with van der Waals surface area (Å²) >= 11 is 0. The van der Waals surface area contributed by atoms with Gasteiger partial charge in [0.05, 0.1) is 21.9 Å². The Balaban J connectivity index is 1.56. The molecule has 0 spiro atoms. The highest BCUT2D eigenvalue weighted by Gasteiger charge is 2.24. The van der Waals surface area contributed by atoms with E-state index in [0.717, 1.165) is 76.3 Å². The minimum absolute atomic E-state index is 0.634. The molecule has 176 valence electrons. The van der Waals surface area contributed by atoms with E-state index < -0.39 is 0 Å². The first-order valence-corrected chi connectivity index (χ1v) is 12.6. The van der Waals surface area contributed by atoms with Gasteiger partial charge in [0, 0.05) is 44.7 Å². The lowest BCUT2D eigenvalue weighted by Gasteiger charge is -2.10. The topological polar surface area (TPSA) is 56.7 Å². The van der Waals surface area contributed by atoms with Crippen molar-refractivity contribution in [1.82, 2.24) is 19.5 Å². The third-order valence-electron chi connectivity index (χ3n) is 7.66. The van der Waals surface area contributed by atoms with Crippen LogP contribution in [0.1, 0.15) is 0 Å². The Morgan fingerprint density at radius 3 is 2.29 bits per heavy atom. The minimum atomic E-state index is 0.634. The van der Waals surface area contributed by atoms with Crippen molar-refractivity contribution < 1.29 is 4.42 Å². The van der Waals surface area contributed by atoms with E-state index in [1.54, 1.807) is 0 Å². The van der Waals surface area contributed by atoms with Crippen LogP contribution in [0, 0.1) is 0 Å². The fraction of sp³-hybridized carbons (Fsp3) is 0. The molecule has 5 aromatic carbocycles. The summed E-state index contributed by atoms with van der Waals surface area (Å²) in [6, 6.07) is 33.4. The van der Waals surface area contributed by atoms with E-state index in [1.807, 2.05) is 30.6 Å². The van der Waals surface area contributed by atoms with E-state index in [9.17, 15) is 0 Å². The number of hydrogen-bond donors (Lipinski definition) is 0. The van der Waals surface area contributed by atoms with Gasteiger partial charge in [-0.05, 0) is 23.6 Å². The van der Waals surface area contributed by atoms with E-state index >= 15 is 0 Å². The summed E-state index contributed by atoms with van der Waals surface area (Å²) in [5.74, 6) is 0.634. The average molecular weight is 487 g/mol. The van der Waals surface area contributed by atoms with E-state index in [0.29, 0.717) is 5.95 Å². The molecule has 9 rings (SSSR count). The van der Waals surface area contributed by atoms with E-state index in [1.165, 1.54) is 0 Å². The van der Waals surface area contributed by atoms with Crippen molar-refractivity contribution in [2.75, 3.05) is 0 Å². The van der Waals surface area contributed by atoms with Crippen molar-refractivity contribution in [3.63, 3.8) is 0 Å². The van der Waals surface area contributed by atoms with Crippen molar-refractivity contribution in [2.45, 2.75) is 0 Å². The van der Waals surface area contributed by atoms with E-state index in [-0.39, 0.29) is 0 Å². The first-order valence-electron chi connectivity index (χ1n) is 12.6. The molecule has 0 atom stereocenters. The highest BCUT2D eigenvalue weighted by atomic mass is 16.3. The predicted molar refractivity (Wildman–Crippen MR) is 154 cm³/mol. The number of fused-ring (bicyclic) bond motifs is 13. The first-order chi connectivity index (χ1) is 18.9. The maximum atomic E-state index is 6.47. The molecule has 0 N–H and O–H groups in total. The van der Waals surface area contributed by atoms with E-state index in [4.69, 9.17) is 19.4 Å². The number of nitrogens with zero attached hydrogens (tertiary/aromatic N) is 4. The van der Waals surface area contributed by atoms with Crippen LogP contribution in [0.3, 0.4) is 0 Å². The van der Waals surface area contributed by atoms with Crippen molar-refractivity contribution in [3.8, 4) is 5.95 Å². The zero-order valence-corrected chi connectivity index (χ0v) is 20.1. The molecule has 5 heteroatoms. The smallest absolute Gasteiger partial charge is 0.235 e. The normalized spacial score (nSPS) is 12.2. The number of para-hydroxylation sites is 2. The number of rotatable bonds is 1. The van der Waals surface area contributed by atoms with Gasteiger partial charge in [-0.1, -0.05) is 78.9 Å². The highest BCUT2D eigenvalue weighted by molar-refractivity contribution is 6.34. The Morgan fingerprint density at radius 1 is 0.579 bits per heavy atom. The molecular weight excluding hydrogens is 468 g/mol. The van der Waals surface area contributed by atoms with Crippen LogP contribution in [0.15, 0.2) is 114 Å². The second-order valence-corrected chi connectivity index (χ2v) is 9.67. The van der Waals surface area contributed by atoms with Gasteiger partial charge in [0.15, 0.2) is 5.58 Å². The maximum absolute atomic E-state index is 6.47. The molecule has 4 aromatic heterocycles. The van der Waals surface area contributed by atoms with Gasteiger partial charge in [-0.3, -0.25) is 9.55 Å². The van der Waals surface area contributed by atoms with Crippen molar-refractivity contribution >= 4 is 76.3 Å². The van der Waals surface area contributed by atoms with Gasteiger partial charge in [-0.15, -0.1) is 0 Å². The average Bonchev–Trinajstić information content (AvgIpc) is 3.53. The molecule has 0 bridgehead atoms. The molecular formula is C33H18N4O. The van der Waals surface area contributed by atoms with Crippen molar-refractivity contribution in [1.29, 1.82) is 0 Å². The molecule has 9 aromatic rings. The Bertz CT molecular complexity index is 2420. The second kappa shape index (κ2) is 7.14. The van der Waals surface area contributed by atoms with Gasteiger partial charge in [0.25, 0.3) is 0 Å². The van der Waals surface area contributed by atoms with Gasteiger partial charge in [0.1, 0.15) is 11.1 Å². The zero-order valence-electron chi connectivity index (χ0n) is 20.1. The molecule has 0 aliphatic rings. The summed E-state index contributed by atoms with van der Waals surface area (Å²) in [4.78, 5) is 14.9. The Hall–Kier alpha value is -5.29. The number of pyridine rings is 1. The summed E-state index contributed by atoms with van der Waals surface area (Å²) in [5, 5.41) is 8.68. The molecule has 5 nitrogen and oxygen atoms in total. The van der Waals surface area contributed by atoms with Crippen LogP contribution < -0.4 is 0 Å².